The number of ether oxygens (including phenoxy) is 2. The number of hydrogen-bond donors (Lipinski definition) is 1. The average molecular weight is 401 g/mol. The lowest BCUT2D eigenvalue weighted by Crippen LogP contribution is -2.38. The van der Waals surface area contributed by atoms with Gasteiger partial charge in [-0.2, -0.15) is 13.2 Å². The van der Waals surface area contributed by atoms with Crippen molar-refractivity contribution in [2.75, 3.05) is 27.3 Å². The lowest BCUT2D eigenvalue weighted by molar-refractivity contribution is -0.169. The maximum Gasteiger partial charge on any atom is 0.416 e. The van der Waals surface area contributed by atoms with Crippen molar-refractivity contribution >= 4 is 5.91 Å². The number of rotatable bonds is 7. The van der Waals surface area contributed by atoms with Gasteiger partial charge in [0, 0.05) is 39.1 Å². The molecular weight excluding hydrogens is 375 g/mol. The molecule has 1 aromatic rings. The second-order valence-electron chi connectivity index (χ2n) is 6.85. The van der Waals surface area contributed by atoms with Crippen molar-refractivity contribution in [1.29, 1.82) is 0 Å². The van der Waals surface area contributed by atoms with Crippen LogP contribution >= 0.6 is 0 Å². The van der Waals surface area contributed by atoms with Gasteiger partial charge in [-0.1, -0.05) is 12.1 Å². The largest absolute Gasteiger partial charge is 0.459 e. The van der Waals surface area contributed by atoms with Crippen molar-refractivity contribution in [3.05, 3.63) is 47.2 Å². The lowest BCUT2D eigenvalue weighted by Gasteiger charge is -2.37. The summed E-state index contributed by atoms with van der Waals surface area (Å²) in [5.74, 6) is -0.864. The molecule has 5 nitrogen and oxygen atoms in total. The van der Waals surface area contributed by atoms with Gasteiger partial charge in [0.05, 0.1) is 5.56 Å². The Balaban J connectivity index is 2.45. The highest BCUT2D eigenvalue weighted by atomic mass is 19.4. The van der Waals surface area contributed by atoms with Crippen molar-refractivity contribution in [1.82, 2.24) is 4.90 Å². The SMILES string of the molecule is CCO[C@H]1OC(C(=O)N(C)C)=C[C@@H](c2ccc(C(F)(F)F)cc2)[C@@H]1CCCO. The predicted octanol–water partition coefficient (Wildman–Crippen LogP) is 3.54. The first-order valence-electron chi connectivity index (χ1n) is 9.18. The van der Waals surface area contributed by atoms with Crippen molar-refractivity contribution in [2.45, 2.75) is 38.1 Å². The molecule has 1 aromatic carbocycles. The number of allylic oxidation sites excluding steroid dienone is 1. The number of aliphatic hydroxyl groups excluding tert-OH is 1. The second kappa shape index (κ2) is 9.43. The Hall–Kier alpha value is -2.06. The number of hydrogen-bond acceptors (Lipinski definition) is 4. The average Bonchev–Trinajstić information content (AvgIpc) is 2.65. The highest BCUT2D eigenvalue weighted by Crippen LogP contribution is 2.40. The van der Waals surface area contributed by atoms with Crippen LogP contribution in [0.4, 0.5) is 13.2 Å². The number of amides is 1. The van der Waals surface area contributed by atoms with E-state index < -0.39 is 18.0 Å². The first-order valence-corrected chi connectivity index (χ1v) is 9.18. The number of carbonyl (C=O) groups excluding carboxylic acids is 1. The van der Waals surface area contributed by atoms with Gasteiger partial charge in [-0.25, -0.2) is 0 Å². The minimum absolute atomic E-state index is 0.0255. The molecule has 1 amide bonds. The Morgan fingerprint density at radius 3 is 2.39 bits per heavy atom. The number of halogens is 3. The topological polar surface area (TPSA) is 59.0 Å². The van der Waals surface area contributed by atoms with Crippen LogP contribution in [0.5, 0.6) is 0 Å². The molecule has 2 rings (SSSR count). The number of aliphatic hydroxyl groups is 1. The Kier molecular flexibility index (Phi) is 7.48. The minimum Gasteiger partial charge on any atom is -0.459 e. The van der Waals surface area contributed by atoms with Crippen LogP contribution in [0.3, 0.4) is 0 Å². The van der Waals surface area contributed by atoms with Crippen LogP contribution in [0.25, 0.3) is 0 Å². The highest BCUT2D eigenvalue weighted by Gasteiger charge is 2.38. The van der Waals surface area contributed by atoms with Crippen LogP contribution < -0.4 is 0 Å². The van der Waals surface area contributed by atoms with E-state index >= 15 is 0 Å². The fourth-order valence-corrected chi connectivity index (χ4v) is 3.25. The number of likely N-dealkylation sites (N-methyl/N-ethyl adjacent to an activating group) is 1. The highest BCUT2D eigenvalue weighted by molar-refractivity contribution is 5.91. The number of alkyl halides is 3. The molecule has 0 saturated carbocycles. The molecule has 1 aliphatic heterocycles. The van der Waals surface area contributed by atoms with Crippen LogP contribution in [-0.2, 0) is 20.4 Å². The van der Waals surface area contributed by atoms with E-state index in [4.69, 9.17) is 9.47 Å². The van der Waals surface area contributed by atoms with Gasteiger partial charge >= 0.3 is 6.18 Å². The Bertz CT molecular complexity index is 686. The molecule has 0 fully saturated rings. The predicted molar refractivity (Wildman–Crippen MR) is 97.3 cm³/mol. The van der Waals surface area contributed by atoms with Gasteiger partial charge in [-0.15, -0.1) is 0 Å². The molecule has 0 aliphatic carbocycles. The zero-order chi connectivity index (χ0) is 20.9. The molecule has 1 aliphatic rings. The molecule has 1 heterocycles. The van der Waals surface area contributed by atoms with Crippen LogP contribution in [-0.4, -0.2) is 49.5 Å². The van der Waals surface area contributed by atoms with Crippen molar-refractivity contribution in [3.8, 4) is 0 Å². The number of carbonyl (C=O) groups is 1. The first-order chi connectivity index (χ1) is 13.2. The van der Waals surface area contributed by atoms with E-state index in [9.17, 15) is 23.1 Å². The van der Waals surface area contributed by atoms with E-state index in [1.807, 2.05) is 0 Å². The van der Waals surface area contributed by atoms with Crippen LogP contribution in [0, 0.1) is 5.92 Å². The van der Waals surface area contributed by atoms with Gasteiger partial charge in [0.25, 0.3) is 5.91 Å². The molecule has 1 N–H and O–H groups in total. The van der Waals surface area contributed by atoms with E-state index in [0.717, 1.165) is 12.1 Å². The van der Waals surface area contributed by atoms with E-state index in [-0.39, 0.29) is 30.1 Å². The maximum absolute atomic E-state index is 12.9. The van der Waals surface area contributed by atoms with Crippen LogP contribution in [0.15, 0.2) is 36.1 Å². The smallest absolute Gasteiger partial charge is 0.416 e. The molecule has 0 spiro atoms. The summed E-state index contributed by atoms with van der Waals surface area (Å²) in [6, 6.07) is 4.90. The van der Waals surface area contributed by atoms with E-state index in [0.29, 0.717) is 25.0 Å². The molecule has 0 bridgehead atoms. The fourth-order valence-electron chi connectivity index (χ4n) is 3.25. The molecule has 0 unspecified atom stereocenters. The summed E-state index contributed by atoms with van der Waals surface area (Å²) < 4.78 is 50.1. The Morgan fingerprint density at radius 1 is 1.25 bits per heavy atom. The summed E-state index contributed by atoms with van der Waals surface area (Å²) in [5, 5.41) is 9.23. The van der Waals surface area contributed by atoms with E-state index in [2.05, 4.69) is 0 Å². The summed E-state index contributed by atoms with van der Waals surface area (Å²) >= 11 is 0. The zero-order valence-electron chi connectivity index (χ0n) is 16.2. The lowest BCUT2D eigenvalue weighted by atomic mass is 9.80. The monoisotopic (exact) mass is 401 g/mol. The molecule has 0 aromatic heterocycles. The van der Waals surface area contributed by atoms with E-state index in [1.54, 1.807) is 27.1 Å². The first kappa shape index (κ1) is 22.2. The normalized spacial score (nSPS) is 22.4. The van der Waals surface area contributed by atoms with Gasteiger partial charge in [-0.3, -0.25) is 4.79 Å². The van der Waals surface area contributed by atoms with Crippen LogP contribution in [0.1, 0.15) is 36.8 Å². The van der Waals surface area contributed by atoms with Crippen LogP contribution in [0.2, 0.25) is 0 Å². The zero-order valence-corrected chi connectivity index (χ0v) is 16.2. The molecule has 0 saturated heterocycles. The number of benzene rings is 1. The summed E-state index contributed by atoms with van der Waals surface area (Å²) in [7, 11) is 3.18. The molecular formula is C20H26F3NO4. The number of nitrogens with zero attached hydrogens (tertiary/aromatic N) is 1. The molecule has 3 atom stereocenters. The minimum atomic E-state index is -4.42. The Morgan fingerprint density at radius 2 is 1.89 bits per heavy atom. The van der Waals surface area contributed by atoms with Gasteiger partial charge in [0.15, 0.2) is 5.76 Å². The maximum atomic E-state index is 12.9. The molecule has 0 radical (unpaired) electrons. The standard InChI is InChI=1S/C20H26F3NO4/c1-4-27-19-15(6-5-11-25)16(12-17(28-19)18(26)24(2)3)13-7-9-14(10-8-13)20(21,22)23/h7-10,12,15-16,19,25H,4-6,11H2,1-3H3/t15-,16-,19-/m0/s1. The summed E-state index contributed by atoms with van der Waals surface area (Å²) in [6.45, 7) is 2.12. The third-order valence-electron chi connectivity index (χ3n) is 4.65. The third kappa shape index (κ3) is 5.26. The van der Waals surface area contributed by atoms with Gasteiger partial charge in [0.2, 0.25) is 6.29 Å². The molecule has 8 heteroatoms. The van der Waals surface area contributed by atoms with Gasteiger partial charge in [0.1, 0.15) is 0 Å². The summed E-state index contributed by atoms with van der Waals surface area (Å²) in [6.07, 6.45) is -2.48. The van der Waals surface area contributed by atoms with Crippen molar-refractivity contribution < 1.29 is 32.5 Å². The van der Waals surface area contributed by atoms with Crippen molar-refractivity contribution in [3.63, 3.8) is 0 Å². The molecule has 28 heavy (non-hydrogen) atoms. The summed E-state index contributed by atoms with van der Waals surface area (Å²) in [4.78, 5) is 13.8. The fraction of sp³-hybridized carbons (Fsp3) is 0.550. The van der Waals surface area contributed by atoms with E-state index in [1.165, 1.54) is 17.0 Å². The van der Waals surface area contributed by atoms with Gasteiger partial charge in [-0.05, 0) is 43.5 Å². The Labute approximate surface area is 162 Å². The molecule has 156 valence electrons. The second-order valence-corrected chi connectivity index (χ2v) is 6.85. The van der Waals surface area contributed by atoms with Gasteiger partial charge < -0.3 is 19.5 Å². The van der Waals surface area contributed by atoms with Crippen molar-refractivity contribution in [2.24, 2.45) is 5.92 Å². The quantitative estimate of drug-likeness (QED) is 0.759. The summed E-state index contributed by atoms with van der Waals surface area (Å²) in [5.41, 5.74) is -0.0989. The third-order valence-corrected chi connectivity index (χ3v) is 4.65.